The van der Waals surface area contributed by atoms with Crippen LogP contribution < -0.4 is 16.0 Å². The van der Waals surface area contributed by atoms with Crippen LogP contribution in [0.15, 0.2) is 131 Å². The van der Waals surface area contributed by atoms with Crippen LogP contribution in [0.25, 0.3) is 6.08 Å². The second-order valence-corrected chi connectivity index (χ2v) is 12.2. The van der Waals surface area contributed by atoms with Crippen molar-refractivity contribution in [3.8, 4) is 0 Å². The van der Waals surface area contributed by atoms with Crippen LogP contribution >= 0.6 is 23.1 Å². The van der Waals surface area contributed by atoms with Crippen LogP contribution in [0.2, 0.25) is 0 Å². The zero-order valence-electron chi connectivity index (χ0n) is 24.2. The molecule has 5 aromatic rings. The van der Waals surface area contributed by atoms with E-state index in [1.807, 2.05) is 98.1 Å². The number of nitrogens with one attached hydrogen (secondary N) is 3. The lowest BCUT2D eigenvalue weighted by Gasteiger charge is -2.19. The van der Waals surface area contributed by atoms with Crippen molar-refractivity contribution in [2.24, 2.45) is 0 Å². The van der Waals surface area contributed by atoms with Crippen molar-refractivity contribution < 1.29 is 14.4 Å². The van der Waals surface area contributed by atoms with Gasteiger partial charge in [0.2, 0.25) is 5.91 Å². The predicted octanol–water partition coefficient (Wildman–Crippen LogP) is 8.25. The van der Waals surface area contributed by atoms with Gasteiger partial charge in [-0.05, 0) is 84.5 Å². The minimum Gasteiger partial charge on any atom is -0.324 e. The van der Waals surface area contributed by atoms with E-state index in [0.717, 1.165) is 32.2 Å². The maximum Gasteiger partial charge on any atom is 0.272 e. The summed E-state index contributed by atoms with van der Waals surface area (Å²) in [5, 5.41) is 10.2. The highest BCUT2D eigenvalue weighted by Crippen LogP contribution is 2.37. The van der Waals surface area contributed by atoms with E-state index in [9.17, 15) is 14.4 Å². The Labute approximate surface area is 265 Å². The third kappa shape index (κ3) is 7.92. The summed E-state index contributed by atoms with van der Waals surface area (Å²) in [6, 6.07) is 35.4. The lowest BCUT2D eigenvalue weighted by Crippen LogP contribution is -2.30. The van der Waals surface area contributed by atoms with Crippen molar-refractivity contribution in [3.63, 3.8) is 0 Å². The number of aryl methyl sites for hydroxylation is 2. The smallest absolute Gasteiger partial charge is 0.272 e. The molecule has 0 fully saturated rings. The highest BCUT2D eigenvalue weighted by Gasteiger charge is 2.23. The number of anilines is 2. The van der Waals surface area contributed by atoms with Gasteiger partial charge in [-0.3, -0.25) is 14.4 Å². The van der Waals surface area contributed by atoms with Crippen LogP contribution in [0, 0.1) is 13.8 Å². The molecule has 0 bridgehead atoms. The van der Waals surface area contributed by atoms with Gasteiger partial charge in [-0.15, -0.1) is 23.1 Å². The standard InChI is InChI=1S/C36H31N3O3S2/c1-24-11-9-12-25(2)32(24)39-36(42)33(26-13-5-3-6-14-26)44-29-20-18-28(19-21-29)37-35(41)31(23-30-17-10-22-43-30)38-34(40)27-15-7-4-8-16-27/h3-23,33H,1-2H3,(H,37,41)(H,38,40)(H,39,42)/b31-23-. The van der Waals surface area contributed by atoms with E-state index in [-0.39, 0.29) is 17.5 Å². The van der Waals surface area contributed by atoms with Gasteiger partial charge in [0.05, 0.1) is 0 Å². The zero-order chi connectivity index (χ0) is 30.9. The van der Waals surface area contributed by atoms with Crippen LogP contribution in [0.1, 0.15) is 37.2 Å². The molecule has 4 aromatic carbocycles. The summed E-state index contributed by atoms with van der Waals surface area (Å²) in [6.07, 6.45) is 1.66. The number of thiophene rings is 1. The number of carbonyl (C=O) groups excluding carboxylic acids is 3. The van der Waals surface area contributed by atoms with Crippen molar-refractivity contribution >= 4 is 58.3 Å². The van der Waals surface area contributed by atoms with Crippen LogP contribution in [-0.4, -0.2) is 17.7 Å². The van der Waals surface area contributed by atoms with Gasteiger partial charge in [-0.1, -0.05) is 72.8 Å². The van der Waals surface area contributed by atoms with Crippen molar-refractivity contribution in [3.05, 3.63) is 153 Å². The van der Waals surface area contributed by atoms with Gasteiger partial charge < -0.3 is 16.0 Å². The molecule has 3 N–H and O–H groups in total. The average Bonchev–Trinajstić information content (AvgIpc) is 3.56. The molecule has 6 nitrogen and oxygen atoms in total. The first-order valence-corrected chi connectivity index (χ1v) is 15.7. The normalized spacial score (nSPS) is 11.8. The molecule has 1 atom stereocenters. The fourth-order valence-corrected chi connectivity index (χ4v) is 6.19. The molecular formula is C36H31N3O3S2. The minimum absolute atomic E-state index is 0.117. The summed E-state index contributed by atoms with van der Waals surface area (Å²) in [6.45, 7) is 3.96. The molecule has 0 radical (unpaired) electrons. The number of para-hydroxylation sites is 1. The molecule has 0 aliphatic carbocycles. The largest absolute Gasteiger partial charge is 0.324 e. The van der Waals surface area contributed by atoms with Gasteiger partial charge in [-0.25, -0.2) is 0 Å². The Morgan fingerprint density at radius 3 is 2.02 bits per heavy atom. The summed E-state index contributed by atoms with van der Waals surface area (Å²) in [5.41, 5.74) is 4.85. The molecule has 0 saturated heterocycles. The third-order valence-electron chi connectivity index (χ3n) is 6.79. The molecule has 220 valence electrons. The van der Waals surface area contributed by atoms with Gasteiger partial charge in [-0.2, -0.15) is 0 Å². The average molecular weight is 618 g/mol. The van der Waals surface area contributed by atoms with Gasteiger partial charge in [0, 0.05) is 26.7 Å². The Balaban J connectivity index is 1.32. The topological polar surface area (TPSA) is 87.3 Å². The molecule has 44 heavy (non-hydrogen) atoms. The minimum atomic E-state index is -0.496. The van der Waals surface area contributed by atoms with E-state index in [2.05, 4.69) is 16.0 Å². The second-order valence-electron chi connectivity index (χ2n) is 10.0. The quantitative estimate of drug-likeness (QED) is 0.109. The van der Waals surface area contributed by atoms with Gasteiger partial charge in [0.15, 0.2) is 0 Å². The maximum atomic E-state index is 13.6. The molecule has 3 amide bonds. The number of benzene rings is 4. The third-order valence-corrected chi connectivity index (χ3v) is 8.88. The fourth-order valence-electron chi connectivity index (χ4n) is 4.51. The first-order valence-electron chi connectivity index (χ1n) is 14.0. The van der Waals surface area contributed by atoms with E-state index in [1.54, 1.807) is 42.5 Å². The summed E-state index contributed by atoms with van der Waals surface area (Å²) in [4.78, 5) is 41.5. The van der Waals surface area contributed by atoms with E-state index >= 15 is 0 Å². The summed E-state index contributed by atoms with van der Waals surface area (Å²) in [5.74, 6) is -0.937. The first-order chi connectivity index (χ1) is 21.4. The van der Waals surface area contributed by atoms with E-state index in [1.165, 1.54) is 23.1 Å². The predicted molar refractivity (Wildman–Crippen MR) is 181 cm³/mol. The number of hydrogen-bond donors (Lipinski definition) is 3. The van der Waals surface area contributed by atoms with E-state index in [4.69, 9.17) is 0 Å². The highest BCUT2D eigenvalue weighted by molar-refractivity contribution is 8.00. The van der Waals surface area contributed by atoms with Crippen LogP contribution in [0.4, 0.5) is 11.4 Å². The Kier molecular flexibility index (Phi) is 10.1. The first kappa shape index (κ1) is 30.5. The molecular weight excluding hydrogens is 587 g/mol. The molecule has 0 aliphatic rings. The molecule has 0 saturated carbocycles. The molecule has 1 heterocycles. The molecule has 0 aliphatic heterocycles. The highest BCUT2D eigenvalue weighted by atomic mass is 32.2. The van der Waals surface area contributed by atoms with Crippen molar-refractivity contribution in [1.29, 1.82) is 0 Å². The van der Waals surface area contributed by atoms with Crippen molar-refractivity contribution in [1.82, 2.24) is 5.32 Å². The van der Waals surface area contributed by atoms with E-state index < -0.39 is 11.2 Å². The Morgan fingerprint density at radius 2 is 1.39 bits per heavy atom. The summed E-state index contributed by atoms with van der Waals surface area (Å²) < 4.78 is 0. The number of rotatable bonds is 10. The van der Waals surface area contributed by atoms with Crippen molar-refractivity contribution in [2.45, 2.75) is 24.0 Å². The molecule has 8 heteroatoms. The second kappa shape index (κ2) is 14.5. The molecule has 1 aromatic heterocycles. The molecule has 1 unspecified atom stereocenters. The molecule has 5 rings (SSSR count). The number of thioether (sulfide) groups is 1. The molecule has 0 spiro atoms. The number of amides is 3. The van der Waals surface area contributed by atoms with Gasteiger partial charge in [0.25, 0.3) is 11.8 Å². The lowest BCUT2D eigenvalue weighted by molar-refractivity contribution is -0.116. The van der Waals surface area contributed by atoms with E-state index in [0.29, 0.717) is 11.3 Å². The Morgan fingerprint density at radius 1 is 0.727 bits per heavy atom. The summed E-state index contributed by atoms with van der Waals surface area (Å²) in [7, 11) is 0. The number of carbonyl (C=O) groups is 3. The monoisotopic (exact) mass is 617 g/mol. The van der Waals surface area contributed by atoms with Crippen molar-refractivity contribution in [2.75, 3.05) is 10.6 Å². The maximum absolute atomic E-state index is 13.6. The van der Waals surface area contributed by atoms with Gasteiger partial charge in [0.1, 0.15) is 10.9 Å². The van der Waals surface area contributed by atoms with Crippen LogP contribution in [0.5, 0.6) is 0 Å². The SMILES string of the molecule is Cc1cccc(C)c1NC(=O)C(Sc1ccc(NC(=O)/C(=C/c2cccs2)NC(=O)c2ccccc2)cc1)c1ccccc1. The summed E-state index contributed by atoms with van der Waals surface area (Å²) >= 11 is 2.90. The van der Waals surface area contributed by atoms with Crippen LogP contribution in [-0.2, 0) is 9.59 Å². The Hall–Kier alpha value is -4.92. The fraction of sp³-hybridized carbons (Fsp3) is 0.0833. The lowest BCUT2D eigenvalue weighted by atomic mass is 10.1. The Bertz CT molecular complexity index is 1750. The number of hydrogen-bond acceptors (Lipinski definition) is 5. The van der Waals surface area contributed by atoms with Crippen LogP contribution in [0.3, 0.4) is 0 Å². The van der Waals surface area contributed by atoms with Gasteiger partial charge >= 0.3 is 0 Å². The zero-order valence-corrected chi connectivity index (χ0v) is 25.9.